The van der Waals surface area contributed by atoms with E-state index in [1.165, 1.54) is 51.4 Å². The third-order valence-corrected chi connectivity index (χ3v) is 5.68. The van der Waals surface area contributed by atoms with Crippen molar-refractivity contribution in [1.29, 1.82) is 0 Å². The maximum Gasteiger partial charge on any atom is 0.247 e. The van der Waals surface area contributed by atoms with Crippen LogP contribution in [0, 0.1) is 5.92 Å². The van der Waals surface area contributed by atoms with Crippen molar-refractivity contribution in [3.05, 3.63) is 29.7 Å². The zero-order valence-corrected chi connectivity index (χ0v) is 14.0. The van der Waals surface area contributed by atoms with Crippen LogP contribution in [-0.2, 0) is 4.79 Å². The van der Waals surface area contributed by atoms with E-state index < -0.39 is 0 Å². The van der Waals surface area contributed by atoms with Crippen LogP contribution in [0.2, 0.25) is 0 Å². The lowest BCUT2D eigenvalue weighted by molar-refractivity contribution is -0.129. The van der Waals surface area contributed by atoms with Gasteiger partial charge in [0.15, 0.2) is 0 Å². The van der Waals surface area contributed by atoms with Gasteiger partial charge in [0.25, 0.3) is 0 Å². The van der Waals surface area contributed by atoms with Gasteiger partial charge in [0.1, 0.15) is 11.5 Å². The topological polar surface area (TPSA) is 33.5 Å². The van der Waals surface area contributed by atoms with Crippen LogP contribution in [0.1, 0.15) is 75.7 Å². The minimum Gasteiger partial charge on any atom is -0.461 e. The van der Waals surface area contributed by atoms with Gasteiger partial charge >= 0.3 is 0 Å². The maximum atomic E-state index is 12.7. The number of carbonyl (C=O) groups excluding carboxylic acids is 1. The summed E-state index contributed by atoms with van der Waals surface area (Å²) in [5.74, 6) is 3.41. The monoisotopic (exact) mass is 313 g/mol. The molecule has 3 aliphatic carbocycles. The van der Waals surface area contributed by atoms with E-state index in [0.29, 0.717) is 18.0 Å². The number of hydrogen-bond acceptors (Lipinski definition) is 2. The number of rotatable bonds is 5. The minimum atomic E-state index is 0.178. The Morgan fingerprint density at radius 2 is 1.83 bits per heavy atom. The molecule has 1 aromatic heterocycles. The molecule has 2 atom stereocenters. The summed E-state index contributed by atoms with van der Waals surface area (Å²) in [6.07, 6.45) is 13.4. The van der Waals surface area contributed by atoms with E-state index in [-0.39, 0.29) is 5.91 Å². The lowest BCUT2D eigenvalue weighted by Gasteiger charge is -2.34. The molecule has 3 nitrogen and oxygen atoms in total. The summed E-state index contributed by atoms with van der Waals surface area (Å²) in [7, 11) is 0. The first-order valence-corrected chi connectivity index (χ1v) is 9.32. The van der Waals surface area contributed by atoms with Crippen LogP contribution in [-0.4, -0.2) is 22.9 Å². The van der Waals surface area contributed by atoms with Crippen molar-refractivity contribution in [2.24, 2.45) is 5.92 Å². The second-order valence-electron chi connectivity index (χ2n) is 7.66. The fourth-order valence-electron chi connectivity index (χ4n) is 3.99. The maximum absolute atomic E-state index is 12.7. The Morgan fingerprint density at radius 1 is 1.13 bits per heavy atom. The van der Waals surface area contributed by atoms with Crippen LogP contribution in [0.15, 0.2) is 22.6 Å². The predicted octanol–water partition coefficient (Wildman–Crippen LogP) is 4.74. The third kappa shape index (κ3) is 3.39. The standard InChI is InChI=1S/C20H27NO2/c1-14-13-18(14)19-11-9-17(23-19)10-12-20(22)21(16-7-8-16)15-5-3-2-4-6-15/h9-12,14-16,18H,2-8,13H2,1H3/b12-10+. The molecule has 0 N–H and O–H groups in total. The Labute approximate surface area is 138 Å². The summed E-state index contributed by atoms with van der Waals surface area (Å²) in [6.45, 7) is 2.25. The highest BCUT2D eigenvalue weighted by Crippen LogP contribution is 2.47. The Bertz CT molecular complexity index is 593. The van der Waals surface area contributed by atoms with Crippen molar-refractivity contribution in [1.82, 2.24) is 4.90 Å². The molecule has 124 valence electrons. The molecule has 3 fully saturated rings. The minimum absolute atomic E-state index is 0.178. The largest absolute Gasteiger partial charge is 0.461 e. The molecule has 0 radical (unpaired) electrons. The summed E-state index contributed by atoms with van der Waals surface area (Å²) >= 11 is 0. The Kier molecular flexibility index (Phi) is 4.04. The van der Waals surface area contributed by atoms with Gasteiger partial charge in [-0.1, -0.05) is 26.2 Å². The number of furan rings is 1. The molecule has 1 amide bonds. The Morgan fingerprint density at radius 3 is 2.48 bits per heavy atom. The molecule has 3 saturated carbocycles. The molecule has 0 spiro atoms. The predicted molar refractivity (Wildman–Crippen MR) is 91.0 cm³/mol. The van der Waals surface area contributed by atoms with Crippen LogP contribution in [0.5, 0.6) is 0 Å². The first-order valence-electron chi connectivity index (χ1n) is 9.32. The van der Waals surface area contributed by atoms with E-state index in [0.717, 1.165) is 17.4 Å². The number of nitrogens with zero attached hydrogens (tertiary/aromatic N) is 1. The van der Waals surface area contributed by atoms with Gasteiger partial charge in [0.05, 0.1) is 0 Å². The molecule has 1 aromatic rings. The van der Waals surface area contributed by atoms with Crippen LogP contribution < -0.4 is 0 Å². The molecule has 0 saturated heterocycles. The molecule has 1 heterocycles. The van der Waals surface area contributed by atoms with Gasteiger partial charge in [-0.15, -0.1) is 0 Å². The molecule has 23 heavy (non-hydrogen) atoms. The number of amides is 1. The fourth-order valence-corrected chi connectivity index (χ4v) is 3.99. The van der Waals surface area contributed by atoms with Crippen molar-refractivity contribution >= 4 is 12.0 Å². The van der Waals surface area contributed by atoms with E-state index in [2.05, 4.69) is 17.9 Å². The van der Waals surface area contributed by atoms with E-state index in [1.54, 1.807) is 6.08 Å². The highest BCUT2D eigenvalue weighted by atomic mass is 16.3. The van der Waals surface area contributed by atoms with Crippen molar-refractivity contribution in [2.75, 3.05) is 0 Å². The zero-order chi connectivity index (χ0) is 15.8. The average Bonchev–Trinajstić information content (AvgIpc) is 3.48. The van der Waals surface area contributed by atoms with E-state index >= 15 is 0 Å². The smallest absolute Gasteiger partial charge is 0.247 e. The lowest BCUT2D eigenvalue weighted by atomic mass is 9.94. The summed E-state index contributed by atoms with van der Waals surface area (Å²) in [5, 5.41) is 0. The fraction of sp³-hybridized carbons (Fsp3) is 0.650. The normalized spacial score (nSPS) is 28.2. The van der Waals surface area contributed by atoms with Gasteiger partial charge in [0.2, 0.25) is 5.91 Å². The van der Waals surface area contributed by atoms with Crippen molar-refractivity contribution in [2.45, 2.75) is 76.3 Å². The molecular formula is C20H27NO2. The molecule has 0 aliphatic heterocycles. The van der Waals surface area contributed by atoms with Crippen LogP contribution >= 0.6 is 0 Å². The highest BCUT2D eigenvalue weighted by Gasteiger charge is 2.37. The SMILES string of the molecule is CC1CC1c1ccc(/C=C/C(=O)N(C2CCCCC2)C2CC2)o1. The second kappa shape index (κ2) is 6.18. The zero-order valence-electron chi connectivity index (χ0n) is 14.0. The molecule has 4 rings (SSSR count). The number of hydrogen-bond donors (Lipinski definition) is 0. The van der Waals surface area contributed by atoms with Gasteiger partial charge in [-0.05, 0) is 56.2 Å². The van der Waals surface area contributed by atoms with Crippen molar-refractivity contribution in [3.8, 4) is 0 Å². The van der Waals surface area contributed by atoms with E-state index in [9.17, 15) is 4.79 Å². The Balaban J connectivity index is 1.41. The summed E-state index contributed by atoms with van der Waals surface area (Å²) < 4.78 is 5.87. The first kappa shape index (κ1) is 15.0. The third-order valence-electron chi connectivity index (χ3n) is 5.68. The van der Waals surface area contributed by atoms with Gasteiger partial charge in [-0.25, -0.2) is 0 Å². The van der Waals surface area contributed by atoms with Gasteiger partial charge in [-0.3, -0.25) is 4.79 Å². The van der Waals surface area contributed by atoms with Gasteiger partial charge < -0.3 is 9.32 Å². The summed E-state index contributed by atoms with van der Waals surface area (Å²) in [4.78, 5) is 14.9. The number of carbonyl (C=O) groups is 1. The van der Waals surface area contributed by atoms with Gasteiger partial charge in [0, 0.05) is 24.1 Å². The van der Waals surface area contributed by atoms with Crippen LogP contribution in [0.3, 0.4) is 0 Å². The van der Waals surface area contributed by atoms with Gasteiger partial charge in [-0.2, -0.15) is 0 Å². The second-order valence-corrected chi connectivity index (χ2v) is 7.66. The molecule has 0 bridgehead atoms. The quantitative estimate of drug-likeness (QED) is 0.736. The molecule has 2 unspecified atom stereocenters. The van der Waals surface area contributed by atoms with Crippen molar-refractivity contribution < 1.29 is 9.21 Å². The Hall–Kier alpha value is -1.51. The van der Waals surface area contributed by atoms with E-state index in [1.807, 2.05) is 12.1 Å². The van der Waals surface area contributed by atoms with Crippen LogP contribution in [0.25, 0.3) is 6.08 Å². The lowest BCUT2D eigenvalue weighted by Crippen LogP contribution is -2.42. The highest BCUT2D eigenvalue weighted by molar-refractivity contribution is 5.92. The van der Waals surface area contributed by atoms with Crippen molar-refractivity contribution in [3.63, 3.8) is 0 Å². The van der Waals surface area contributed by atoms with E-state index in [4.69, 9.17) is 4.42 Å². The first-order chi connectivity index (χ1) is 11.2. The van der Waals surface area contributed by atoms with Crippen LogP contribution in [0.4, 0.5) is 0 Å². The average molecular weight is 313 g/mol. The molecule has 0 aromatic carbocycles. The summed E-state index contributed by atoms with van der Waals surface area (Å²) in [6, 6.07) is 5.02. The molecular weight excluding hydrogens is 286 g/mol. The summed E-state index contributed by atoms with van der Waals surface area (Å²) in [5.41, 5.74) is 0. The molecule has 3 aliphatic rings. The molecule has 3 heteroatoms.